The molecule has 0 spiro atoms. The van der Waals surface area contributed by atoms with Gasteiger partial charge in [-0.2, -0.15) is 10.1 Å². The molecule has 6 rings (SSSR count). The number of ether oxygens (including phenoxy) is 1. The number of H-pyrrole nitrogens is 1. The standard InChI is InChI=1S/C27H24ClN5O3/c28-21-14-22-26(32-27(30-22)36-23-11-8-19(15-34)25(23)35)31-24(21)18-4-2-16(3-5-18)17-6-9-20(10-7-17)33-13-1-12-29-33/h1-7,9-10,12-14,19,23,25,34-35H,8,11,15H2,(H,30,31,32)/t19-,23-,25-/m1/s1. The summed E-state index contributed by atoms with van der Waals surface area (Å²) in [5, 5.41) is 24.4. The highest BCUT2D eigenvalue weighted by Crippen LogP contribution is 2.33. The first kappa shape index (κ1) is 22.7. The number of aliphatic hydroxyl groups excluding tert-OH is 2. The van der Waals surface area contributed by atoms with Gasteiger partial charge in [-0.25, -0.2) is 9.67 Å². The number of aromatic nitrogens is 5. The third-order valence-corrected chi connectivity index (χ3v) is 7.00. The van der Waals surface area contributed by atoms with Gasteiger partial charge in [0.1, 0.15) is 6.10 Å². The number of rotatable bonds is 6. The predicted octanol–water partition coefficient (Wildman–Crippen LogP) is 4.64. The number of pyridine rings is 1. The molecule has 0 aliphatic heterocycles. The second-order valence-electron chi connectivity index (χ2n) is 8.97. The summed E-state index contributed by atoms with van der Waals surface area (Å²) in [7, 11) is 0. The van der Waals surface area contributed by atoms with Crippen LogP contribution in [0.1, 0.15) is 12.8 Å². The van der Waals surface area contributed by atoms with Crippen LogP contribution >= 0.6 is 11.6 Å². The van der Waals surface area contributed by atoms with Crippen molar-refractivity contribution in [2.24, 2.45) is 5.92 Å². The van der Waals surface area contributed by atoms with Crippen molar-refractivity contribution in [3.8, 4) is 34.1 Å². The molecule has 0 saturated heterocycles. The largest absolute Gasteiger partial charge is 0.459 e. The summed E-state index contributed by atoms with van der Waals surface area (Å²) in [6.07, 6.45) is 3.89. The number of aliphatic hydroxyl groups is 2. The van der Waals surface area contributed by atoms with Crippen LogP contribution in [0.3, 0.4) is 0 Å². The molecular formula is C27H24ClN5O3. The van der Waals surface area contributed by atoms with Crippen molar-refractivity contribution in [1.82, 2.24) is 24.7 Å². The first-order valence-corrected chi connectivity index (χ1v) is 12.2. The van der Waals surface area contributed by atoms with Gasteiger partial charge in [0.05, 0.1) is 28.0 Å². The number of hydrogen-bond acceptors (Lipinski definition) is 6. The molecule has 3 atom stereocenters. The average molecular weight is 502 g/mol. The van der Waals surface area contributed by atoms with Gasteiger partial charge in [-0.15, -0.1) is 0 Å². The van der Waals surface area contributed by atoms with Crippen molar-refractivity contribution in [2.45, 2.75) is 25.0 Å². The molecule has 1 saturated carbocycles. The summed E-state index contributed by atoms with van der Waals surface area (Å²) < 4.78 is 7.69. The first-order valence-electron chi connectivity index (χ1n) is 11.8. The molecule has 2 aromatic carbocycles. The monoisotopic (exact) mass is 501 g/mol. The molecule has 3 aromatic heterocycles. The average Bonchev–Trinajstić information content (AvgIpc) is 3.65. The second kappa shape index (κ2) is 9.39. The Morgan fingerprint density at radius 1 is 1.00 bits per heavy atom. The fraction of sp³-hybridized carbons (Fsp3) is 0.222. The molecule has 0 unspecified atom stereocenters. The van der Waals surface area contributed by atoms with Gasteiger partial charge in [-0.05, 0) is 48.2 Å². The Kier molecular flexibility index (Phi) is 5.92. The zero-order valence-electron chi connectivity index (χ0n) is 19.3. The van der Waals surface area contributed by atoms with E-state index in [-0.39, 0.29) is 18.5 Å². The summed E-state index contributed by atoms with van der Waals surface area (Å²) >= 11 is 6.57. The zero-order chi connectivity index (χ0) is 24.6. The van der Waals surface area contributed by atoms with Crippen molar-refractivity contribution in [3.05, 3.63) is 78.1 Å². The van der Waals surface area contributed by atoms with Gasteiger partial charge in [0.25, 0.3) is 6.01 Å². The summed E-state index contributed by atoms with van der Waals surface area (Å²) in [5.74, 6) is -0.171. The zero-order valence-corrected chi connectivity index (χ0v) is 20.0. The van der Waals surface area contributed by atoms with E-state index in [1.807, 2.05) is 53.3 Å². The Hall–Kier alpha value is -3.72. The molecule has 1 fully saturated rings. The SMILES string of the molecule is OC[C@H]1CC[C@@H](Oc2nc3nc(-c4ccc(-c5ccc(-n6cccn6)cc5)cc4)c(Cl)cc3[nH]2)[C@@H]1O. The van der Waals surface area contributed by atoms with E-state index in [0.29, 0.717) is 34.7 Å². The third-order valence-electron chi connectivity index (χ3n) is 6.72. The molecule has 1 aliphatic carbocycles. The molecule has 3 heterocycles. The predicted molar refractivity (Wildman–Crippen MR) is 137 cm³/mol. The lowest BCUT2D eigenvalue weighted by Crippen LogP contribution is -2.31. The summed E-state index contributed by atoms with van der Waals surface area (Å²) in [6, 6.07) is 20.2. The first-order chi connectivity index (χ1) is 17.6. The number of hydrogen-bond donors (Lipinski definition) is 3. The van der Waals surface area contributed by atoms with E-state index >= 15 is 0 Å². The van der Waals surface area contributed by atoms with Crippen molar-refractivity contribution >= 4 is 22.8 Å². The maximum Gasteiger partial charge on any atom is 0.296 e. The van der Waals surface area contributed by atoms with E-state index < -0.39 is 12.2 Å². The summed E-state index contributed by atoms with van der Waals surface area (Å²) in [6.45, 7) is -0.0585. The number of fused-ring (bicyclic) bond motifs is 1. The van der Waals surface area contributed by atoms with E-state index in [0.717, 1.165) is 22.4 Å². The molecule has 1 aliphatic rings. The molecule has 0 bridgehead atoms. The topological polar surface area (TPSA) is 109 Å². The molecule has 3 N–H and O–H groups in total. The van der Waals surface area contributed by atoms with Gasteiger partial charge in [-0.3, -0.25) is 0 Å². The van der Waals surface area contributed by atoms with Crippen LogP contribution in [0.5, 0.6) is 6.01 Å². The molecule has 0 radical (unpaired) electrons. The van der Waals surface area contributed by atoms with Crippen LogP contribution in [-0.2, 0) is 0 Å². The Labute approximate surface area is 212 Å². The van der Waals surface area contributed by atoms with Crippen LogP contribution in [0.2, 0.25) is 5.02 Å². The third kappa shape index (κ3) is 4.24. The van der Waals surface area contributed by atoms with Crippen LogP contribution in [0.25, 0.3) is 39.2 Å². The molecular weight excluding hydrogens is 478 g/mol. The van der Waals surface area contributed by atoms with E-state index in [1.165, 1.54) is 0 Å². The van der Waals surface area contributed by atoms with E-state index in [2.05, 4.69) is 32.2 Å². The highest BCUT2D eigenvalue weighted by atomic mass is 35.5. The van der Waals surface area contributed by atoms with Crippen LogP contribution in [0.15, 0.2) is 73.1 Å². The lowest BCUT2D eigenvalue weighted by Gasteiger charge is -2.17. The van der Waals surface area contributed by atoms with Crippen LogP contribution in [-0.4, -0.2) is 53.8 Å². The number of halogens is 1. The van der Waals surface area contributed by atoms with Crippen molar-refractivity contribution in [1.29, 1.82) is 0 Å². The maximum atomic E-state index is 10.3. The number of nitrogens with zero attached hydrogens (tertiary/aromatic N) is 4. The number of imidazole rings is 1. The Balaban J connectivity index is 1.22. The van der Waals surface area contributed by atoms with Crippen molar-refractivity contribution in [3.63, 3.8) is 0 Å². The molecule has 5 aromatic rings. The molecule has 8 nitrogen and oxygen atoms in total. The minimum Gasteiger partial charge on any atom is -0.459 e. The van der Waals surface area contributed by atoms with Gasteiger partial charge < -0.3 is 19.9 Å². The van der Waals surface area contributed by atoms with Crippen molar-refractivity contribution < 1.29 is 14.9 Å². The molecule has 0 amide bonds. The van der Waals surface area contributed by atoms with Crippen molar-refractivity contribution in [2.75, 3.05) is 6.61 Å². The van der Waals surface area contributed by atoms with Gasteiger partial charge in [0.15, 0.2) is 5.65 Å². The number of nitrogens with one attached hydrogen (secondary N) is 1. The molecule has 36 heavy (non-hydrogen) atoms. The Morgan fingerprint density at radius 2 is 1.72 bits per heavy atom. The van der Waals surface area contributed by atoms with E-state index in [1.54, 1.807) is 12.3 Å². The fourth-order valence-corrected chi connectivity index (χ4v) is 4.96. The number of aromatic amines is 1. The number of benzene rings is 2. The van der Waals surface area contributed by atoms with Crippen LogP contribution in [0.4, 0.5) is 0 Å². The van der Waals surface area contributed by atoms with Gasteiger partial charge in [0, 0.05) is 30.5 Å². The lowest BCUT2D eigenvalue weighted by molar-refractivity contribution is 0.0155. The van der Waals surface area contributed by atoms with Crippen LogP contribution in [0, 0.1) is 5.92 Å². The Morgan fingerprint density at radius 3 is 2.39 bits per heavy atom. The quantitative estimate of drug-likeness (QED) is 0.313. The maximum absolute atomic E-state index is 10.3. The van der Waals surface area contributed by atoms with E-state index in [4.69, 9.17) is 16.3 Å². The van der Waals surface area contributed by atoms with Gasteiger partial charge >= 0.3 is 0 Å². The van der Waals surface area contributed by atoms with Crippen LogP contribution < -0.4 is 4.74 Å². The van der Waals surface area contributed by atoms with Gasteiger partial charge in [0.2, 0.25) is 0 Å². The lowest BCUT2D eigenvalue weighted by atomic mass is 10.0. The highest BCUT2D eigenvalue weighted by Gasteiger charge is 2.36. The molecule has 9 heteroatoms. The van der Waals surface area contributed by atoms with Gasteiger partial charge in [-0.1, -0.05) is 48.0 Å². The fourth-order valence-electron chi connectivity index (χ4n) is 4.70. The Bertz CT molecular complexity index is 1480. The summed E-state index contributed by atoms with van der Waals surface area (Å²) in [4.78, 5) is 12.2. The molecule has 182 valence electrons. The summed E-state index contributed by atoms with van der Waals surface area (Å²) in [5.41, 5.74) is 5.81. The smallest absolute Gasteiger partial charge is 0.296 e. The second-order valence-corrected chi connectivity index (χ2v) is 9.38. The minimum absolute atomic E-state index is 0.0585. The highest BCUT2D eigenvalue weighted by molar-refractivity contribution is 6.33. The normalized spacial score (nSPS) is 19.7. The minimum atomic E-state index is -0.726. The van der Waals surface area contributed by atoms with E-state index in [9.17, 15) is 10.2 Å².